The van der Waals surface area contributed by atoms with Gasteiger partial charge < -0.3 is 15.3 Å². The number of rotatable bonds is 7. The zero-order chi connectivity index (χ0) is 15.1. The van der Waals surface area contributed by atoms with E-state index < -0.39 is 0 Å². The molecule has 1 aromatic rings. The molecule has 1 amide bonds. The first-order valence-electron chi connectivity index (χ1n) is 7.30. The largest absolute Gasteiger partial charge is 0.508 e. The molecule has 0 heterocycles. The van der Waals surface area contributed by atoms with E-state index in [2.05, 4.69) is 5.32 Å². The van der Waals surface area contributed by atoms with E-state index in [1.807, 2.05) is 44.7 Å². The van der Waals surface area contributed by atoms with Gasteiger partial charge in [0.05, 0.1) is 0 Å². The zero-order valence-electron chi connectivity index (χ0n) is 12.9. The fraction of sp³-hybridized carbons (Fsp3) is 0.562. The molecule has 1 rings (SSSR count). The van der Waals surface area contributed by atoms with Crippen LogP contribution in [0.25, 0.3) is 0 Å². The highest BCUT2D eigenvalue weighted by molar-refractivity contribution is 5.76. The lowest BCUT2D eigenvalue weighted by Gasteiger charge is -2.20. The van der Waals surface area contributed by atoms with Crippen molar-refractivity contribution >= 4 is 5.91 Å². The van der Waals surface area contributed by atoms with Crippen molar-refractivity contribution in [2.24, 2.45) is 0 Å². The van der Waals surface area contributed by atoms with Gasteiger partial charge in [-0.3, -0.25) is 4.79 Å². The standard InChI is InChI=1S/C16H26N2O2/c1-5-18(6-2)16(20)9-10-17-13(4)14-11-12(3)7-8-15(14)19/h7-8,11,13,17,19H,5-6,9-10H2,1-4H3. The third-order valence-corrected chi connectivity index (χ3v) is 3.56. The molecule has 0 saturated heterocycles. The number of phenolic OH excluding ortho intramolecular Hbond substituents is 1. The number of hydrogen-bond donors (Lipinski definition) is 2. The van der Waals surface area contributed by atoms with Crippen LogP contribution in [0.1, 0.15) is 44.4 Å². The van der Waals surface area contributed by atoms with Crippen LogP contribution >= 0.6 is 0 Å². The van der Waals surface area contributed by atoms with Crippen LogP contribution in [0.5, 0.6) is 5.75 Å². The highest BCUT2D eigenvalue weighted by Crippen LogP contribution is 2.24. The Bertz CT molecular complexity index is 442. The number of hydrogen-bond acceptors (Lipinski definition) is 3. The summed E-state index contributed by atoms with van der Waals surface area (Å²) in [4.78, 5) is 13.7. The Kier molecular flexibility index (Phi) is 6.52. The number of aromatic hydroxyl groups is 1. The van der Waals surface area contributed by atoms with Crippen LogP contribution in [0, 0.1) is 6.92 Å². The van der Waals surface area contributed by atoms with Crippen molar-refractivity contribution in [1.29, 1.82) is 0 Å². The number of amides is 1. The van der Waals surface area contributed by atoms with Gasteiger partial charge in [-0.15, -0.1) is 0 Å². The van der Waals surface area contributed by atoms with E-state index in [0.717, 1.165) is 24.2 Å². The van der Waals surface area contributed by atoms with Crippen molar-refractivity contribution in [1.82, 2.24) is 10.2 Å². The molecular weight excluding hydrogens is 252 g/mol. The topological polar surface area (TPSA) is 52.6 Å². The molecule has 0 radical (unpaired) electrons. The predicted octanol–water partition coefficient (Wildman–Crippen LogP) is 2.61. The van der Waals surface area contributed by atoms with E-state index in [1.165, 1.54) is 0 Å². The Morgan fingerprint density at radius 1 is 1.35 bits per heavy atom. The van der Waals surface area contributed by atoms with E-state index in [4.69, 9.17) is 0 Å². The Morgan fingerprint density at radius 3 is 2.60 bits per heavy atom. The summed E-state index contributed by atoms with van der Waals surface area (Å²) in [5.41, 5.74) is 1.99. The van der Waals surface area contributed by atoms with Gasteiger partial charge in [-0.05, 0) is 33.8 Å². The van der Waals surface area contributed by atoms with Crippen LogP contribution in [0.3, 0.4) is 0 Å². The van der Waals surface area contributed by atoms with Gasteiger partial charge in [-0.2, -0.15) is 0 Å². The van der Waals surface area contributed by atoms with Crippen LogP contribution in [0.2, 0.25) is 0 Å². The molecule has 1 unspecified atom stereocenters. The SMILES string of the molecule is CCN(CC)C(=O)CCNC(C)c1cc(C)ccc1O. The number of carbonyl (C=O) groups is 1. The predicted molar refractivity (Wildman–Crippen MR) is 81.8 cm³/mol. The van der Waals surface area contributed by atoms with Crippen molar-refractivity contribution in [3.8, 4) is 5.75 Å². The summed E-state index contributed by atoms with van der Waals surface area (Å²) in [6.07, 6.45) is 0.485. The summed E-state index contributed by atoms with van der Waals surface area (Å²) >= 11 is 0. The number of phenols is 1. The van der Waals surface area contributed by atoms with Crippen LogP contribution < -0.4 is 5.32 Å². The molecule has 0 spiro atoms. The quantitative estimate of drug-likeness (QED) is 0.806. The third kappa shape index (κ3) is 4.53. The number of nitrogens with zero attached hydrogens (tertiary/aromatic N) is 1. The highest BCUT2D eigenvalue weighted by Gasteiger charge is 2.12. The Labute approximate surface area is 121 Å². The first-order chi connectivity index (χ1) is 9.49. The van der Waals surface area contributed by atoms with Crippen LogP contribution in [0.15, 0.2) is 18.2 Å². The summed E-state index contributed by atoms with van der Waals surface area (Å²) < 4.78 is 0. The average Bonchev–Trinajstić information content (AvgIpc) is 2.42. The van der Waals surface area contributed by atoms with Gasteiger partial charge in [0.1, 0.15) is 5.75 Å². The lowest BCUT2D eigenvalue weighted by Crippen LogP contribution is -2.33. The number of nitrogens with one attached hydrogen (secondary N) is 1. The van der Waals surface area contributed by atoms with Gasteiger partial charge in [0.15, 0.2) is 0 Å². The lowest BCUT2D eigenvalue weighted by molar-refractivity contribution is -0.130. The van der Waals surface area contributed by atoms with E-state index in [0.29, 0.717) is 18.7 Å². The first-order valence-corrected chi connectivity index (χ1v) is 7.30. The molecule has 0 aliphatic rings. The molecule has 2 N–H and O–H groups in total. The summed E-state index contributed by atoms with van der Waals surface area (Å²) in [6, 6.07) is 5.60. The molecule has 0 saturated carbocycles. The van der Waals surface area contributed by atoms with E-state index in [-0.39, 0.29) is 11.9 Å². The molecular formula is C16H26N2O2. The van der Waals surface area contributed by atoms with Gasteiger partial charge in [-0.25, -0.2) is 0 Å². The molecule has 112 valence electrons. The van der Waals surface area contributed by atoms with Gasteiger partial charge in [0.2, 0.25) is 5.91 Å². The Hall–Kier alpha value is -1.55. The number of carbonyl (C=O) groups excluding carboxylic acids is 1. The Balaban J connectivity index is 2.49. The Morgan fingerprint density at radius 2 is 2.00 bits per heavy atom. The number of benzene rings is 1. The molecule has 0 bridgehead atoms. The fourth-order valence-electron chi connectivity index (χ4n) is 2.26. The summed E-state index contributed by atoms with van der Waals surface area (Å²) in [5, 5.41) is 13.2. The minimum atomic E-state index is 0.0272. The van der Waals surface area contributed by atoms with Crippen LogP contribution in [-0.2, 0) is 4.79 Å². The normalized spacial score (nSPS) is 12.2. The van der Waals surface area contributed by atoms with Gasteiger partial charge in [0.25, 0.3) is 0 Å². The molecule has 1 atom stereocenters. The minimum absolute atomic E-state index is 0.0272. The highest BCUT2D eigenvalue weighted by atomic mass is 16.3. The smallest absolute Gasteiger partial charge is 0.223 e. The molecule has 0 aromatic heterocycles. The maximum atomic E-state index is 11.9. The summed E-state index contributed by atoms with van der Waals surface area (Å²) in [6.45, 7) is 10.1. The van der Waals surface area contributed by atoms with Crippen molar-refractivity contribution in [2.45, 2.75) is 40.2 Å². The molecule has 0 aliphatic carbocycles. The number of aryl methyl sites for hydroxylation is 1. The van der Waals surface area contributed by atoms with Crippen molar-refractivity contribution in [3.05, 3.63) is 29.3 Å². The van der Waals surface area contributed by atoms with Crippen LogP contribution in [-0.4, -0.2) is 35.5 Å². The van der Waals surface area contributed by atoms with Crippen molar-refractivity contribution in [2.75, 3.05) is 19.6 Å². The van der Waals surface area contributed by atoms with E-state index in [9.17, 15) is 9.90 Å². The second-order valence-electron chi connectivity index (χ2n) is 5.05. The maximum Gasteiger partial charge on any atom is 0.223 e. The fourth-order valence-corrected chi connectivity index (χ4v) is 2.26. The molecule has 4 nitrogen and oxygen atoms in total. The zero-order valence-corrected chi connectivity index (χ0v) is 12.9. The summed E-state index contributed by atoms with van der Waals surface area (Å²) in [7, 11) is 0. The van der Waals surface area contributed by atoms with Gasteiger partial charge >= 0.3 is 0 Å². The third-order valence-electron chi connectivity index (χ3n) is 3.56. The molecule has 20 heavy (non-hydrogen) atoms. The van der Waals surface area contributed by atoms with Crippen molar-refractivity contribution in [3.63, 3.8) is 0 Å². The van der Waals surface area contributed by atoms with Crippen molar-refractivity contribution < 1.29 is 9.90 Å². The second-order valence-corrected chi connectivity index (χ2v) is 5.05. The molecule has 4 heteroatoms. The minimum Gasteiger partial charge on any atom is -0.508 e. The summed E-state index contributed by atoms with van der Waals surface area (Å²) in [5.74, 6) is 0.467. The van der Waals surface area contributed by atoms with E-state index >= 15 is 0 Å². The lowest BCUT2D eigenvalue weighted by atomic mass is 10.0. The second kappa shape index (κ2) is 7.90. The molecule has 1 aromatic carbocycles. The van der Waals surface area contributed by atoms with Gasteiger partial charge in [-0.1, -0.05) is 17.7 Å². The van der Waals surface area contributed by atoms with E-state index in [1.54, 1.807) is 6.07 Å². The molecule has 0 fully saturated rings. The van der Waals surface area contributed by atoms with Gasteiger partial charge in [0, 0.05) is 37.7 Å². The van der Waals surface area contributed by atoms with Crippen LogP contribution in [0.4, 0.5) is 0 Å². The first kappa shape index (κ1) is 16.5. The monoisotopic (exact) mass is 278 g/mol. The maximum absolute atomic E-state index is 11.9. The molecule has 0 aliphatic heterocycles. The average molecular weight is 278 g/mol.